The highest BCUT2D eigenvalue weighted by Gasteiger charge is 2.16. The van der Waals surface area contributed by atoms with E-state index in [-0.39, 0.29) is 0 Å². The van der Waals surface area contributed by atoms with Crippen LogP contribution in [0.4, 0.5) is 8.78 Å². The quantitative estimate of drug-likeness (QED) is 0.584. The molecule has 0 heterocycles. The van der Waals surface area contributed by atoms with E-state index in [0.29, 0.717) is 6.42 Å². The Morgan fingerprint density at radius 3 is 2.15 bits per heavy atom. The minimum Gasteiger partial charge on any atom is -0.312 e. The Morgan fingerprint density at radius 2 is 1.69 bits per heavy atom. The molecule has 1 nitrogen and oxygen atoms in total. The Balaban J connectivity index is 3.28. The number of nitrogens with one attached hydrogen (secondary N) is 1. The van der Waals surface area contributed by atoms with Gasteiger partial charge in [0.25, 0.3) is 6.43 Å². The molecule has 0 spiro atoms. The standard InChI is InChI=1S/C10H21F2N/c1-3-4-5-6-7-8-9(13-2)10(11)12/h9-10,13H,3-8H2,1-2H3. The summed E-state index contributed by atoms with van der Waals surface area (Å²) >= 11 is 0. The van der Waals surface area contributed by atoms with Crippen LogP contribution >= 0.6 is 0 Å². The second-order valence-corrected chi connectivity index (χ2v) is 3.43. The van der Waals surface area contributed by atoms with Gasteiger partial charge in [0.2, 0.25) is 0 Å². The molecule has 0 saturated carbocycles. The number of halogens is 2. The molecule has 0 aliphatic rings. The molecule has 1 atom stereocenters. The van der Waals surface area contributed by atoms with Crippen LogP contribution < -0.4 is 5.32 Å². The normalized spacial score (nSPS) is 13.6. The summed E-state index contributed by atoms with van der Waals surface area (Å²) in [5.41, 5.74) is 0. The topological polar surface area (TPSA) is 12.0 Å². The fourth-order valence-corrected chi connectivity index (χ4v) is 1.36. The Hall–Kier alpha value is -0.180. The van der Waals surface area contributed by atoms with Gasteiger partial charge >= 0.3 is 0 Å². The average Bonchev–Trinajstić information content (AvgIpc) is 2.10. The summed E-state index contributed by atoms with van der Waals surface area (Å²) in [6, 6.07) is -0.610. The SMILES string of the molecule is CCCCCCCC(NC)C(F)F. The lowest BCUT2D eigenvalue weighted by Crippen LogP contribution is -2.32. The molecule has 0 aromatic heterocycles. The van der Waals surface area contributed by atoms with Crippen molar-refractivity contribution in [3.8, 4) is 0 Å². The Bertz CT molecular complexity index is 107. The van der Waals surface area contributed by atoms with Crippen molar-refractivity contribution in [2.24, 2.45) is 0 Å². The van der Waals surface area contributed by atoms with Gasteiger partial charge < -0.3 is 5.32 Å². The van der Waals surface area contributed by atoms with Crippen LogP contribution in [0, 0.1) is 0 Å². The lowest BCUT2D eigenvalue weighted by atomic mass is 10.1. The summed E-state index contributed by atoms with van der Waals surface area (Å²) in [6.45, 7) is 2.15. The Morgan fingerprint density at radius 1 is 1.08 bits per heavy atom. The van der Waals surface area contributed by atoms with E-state index in [4.69, 9.17) is 0 Å². The number of rotatable bonds is 8. The molecule has 0 aliphatic carbocycles. The third kappa shape index (κ3) is 6.94. The van der Waals surface area contributed by atoms with Crippen LogP contribution in [0.2, 0.25) is 0 Å². The smallest absolute Gasteiger partial charge is 0.253 e. The third-order valence-corrected chi connectivity index (χ3v) is 2.29. The molecule has 80 valence electrons. The van der Waals surface area contributed by atoms with E-state index in [0.717, 1.165) is 12.8 Å². The summed E-state index contributed by atoms with van der Waals surface area (Å²) in [6.07, 6.45) is 3.96. The molecule has 1 unspecified atom stereocenters. The number of hydrogen-bond acceptors (Lipinski definition) is 1. The molecule has 0 bridgehead atoms. The van der Waals surface area contributed by atoms with E-state index in [1.165, 1.54) is 19.3 Å². The van der Waals surface area contributed by atoms with Crippen molar-refractivity contribution in [1.82, 2.24) is 5.32 Å². The zero-order valence-electron chi connectivity index (χ0n) is 8.65. The second kappa shape index (κ2) is 8.42. The van der Waals surface area contributed by atoms with Crippen molar-refractivity contribution in [3.63, 3.8) is 0 Å². The second-order valence-electron chi connectivity index (χ2n) is 3.43. The molecule has 0 aliphatic heterocycles. The summed E-state index contributed by atoms with van der Waals surface area (Å²) in [5.74, 6) is 0. The molecular formula is C10H21F2N. The van der Waals surface area contributed by atoms with Crippen molar-refractivity contribution < 1.29 is 8.78 Å². The third-order valence-electron chi connectivity index (χ3n) is 2.29. The molecule has 0 amide bonds. The Kier molecular flexibility index (Phi) is 8.30. The molecule has 0 fully saturated rings. The highest BCUT2D eigenvalue weighted by Crippen LogP contribution is 2.11. The van der Waals surface area contributed by atoms with Crippen molar-refractivity contribution in [2.75, 3.05) is 7.05 Å². The first kappa shape index (κ1) is 12.8. The lowest BCUT2D eigenvalue weighted by Gasteiger charge is -2.14. The predicted octanol–water partition coefficient (Wildman–Crippen LogP) is 3.20. The fraction of sp³-hybridized carbons (Fsp3) is 1.00. The van der Waals surface area contributed by atoms with E-state index in [2.05, 4.69) is 12.2 Å². The maximum absolute atomic E-state index is 12.2. The van der Waals surface area contributed by atoms with Gasteiger partial charge in [0.15, 0.2) is 0 Å². The van der Waals surface area contributed by atoms with Crippen LogP contribution in [-0.4, -0.2) is 19.5 Å². The van der Waals surface area contributed by atoms with Crippen molar-refractivity contribution >= 4 is 0 Å². The van der Waals surface area contributed by atoms with Gasteiger partial charge in [-0.1, -0.05) is 39.0 Å². The molecule has 0 radical (unpaired) electrons. The molecule has 0 saturated heterocycles. The Labute approximate surface area is 79.9 Å². The number of alkyl halides is 2. The van der Waals surface area contributed by atoms with Crippen LogP contribution in [0.15, 0.2) is 0 Å². The van der Waals surface area contributed by atoms with Crippen LogP contribution in [0.25, 0.3) is 0 Å². The summed E-state index contributed by atoms with van der Waals surface area (Å²) in [5, 5.41) is 2.64. The summed E-state index contributed by atoms with van der Waals surface area (Å²) in [7, 11) is 1.60. The van der Waals surface area contributed by atoms with Gasteiger partial charge in [0.05, 0.1) is 6.04 Å². The molecule has 0 aromatic rings. The minimum atomic E-state index is -2.23. The van der Waals surface area contributed by atoms with Crippen LogP contribution in [0.3, 0.4) is 0 Å². The van der Waals surface area contributed by atoms with Gasteiger partial charge in [0.1, 0.15) is 0 Å². The van der Waals surface area contributed by atoms with Crippen LogP contribution in [0.5, 0.6) is 0 Å². The number of unbranched alkanes of at least 4 members (excludes halogenated alkanes) is 4. The van der Waals surface area contributed by atoms with Gasteiger partial charge in [-0.2, -0.15) is 0 Å². The monoisotopic (exact) mass is 193 g/mol. The molecule has 0 aromatic carbocycles. The van der Waals surface area contributed by atoms with E-state index < -0.39 is 12.5 Å². The number of hydrogen-bond donors (Lipinski definition) is 1. The van der Waals surface area contributed by atoms with E-state index in [1.807, 2.05) is 0 Å². The first-order valence-electron chi connectivity index (χ1n) is 5.17. The average molecular weight is 193 g/mol. The van der Waals surface area contributed by atoms with E-state index >= 15 is 0 Å². The van der Waals surface area contributed by atoms with Gasteiger partial charge in [-0.15, -0.1) is 0 Å². The van der Waals surface area contributed by atoms with Gasteiger partial charge in [0, 0.05) is 0 Å². The molecule has 13 heavy (non-hydrogen) atoms. The largest absolute Gasteiger partial charge is 0.312 e. The molecule has 0 rings (SSSR count). The highest BCUT2D eigenvalue weighted by atomic mass is 19.3. The maximum Gasteiger partial charge on any atom is 0.253 e. The van der Waals surface area contributed by atoms with Crippen molar-refractivity contribution in [2.45, 2.75) is 57.9 Å². The van der Waals surface area contributed by atoms with Gasteiger partial charge in [-0.3, -0.25) is 0 Å². The first-order chi connectivity index (χ1) is 6.22. The molecule has 1 N–H and O–H groups in total. The summed E-state index contributed by atoms with van der Waals surface area (Å²) < 4.78 is 24.4. The van der Waals surface area contributed by atoms with E-state index in [1.54, 1.807) is 7.05 Å². The maximum atomic E-state index is 12.2. The van der Waals surface area contributed by atoms with Crippen LogP contribution in [-0.2, 0) is 0 Å². The zero-order valence-corrected chi connectivity index (χ0v) is 8.65. The summed E-state index contributed by atoms with van der Waals surface area (Å²) in [4.78, 5) is 0. The highest BCUT2D eigenvalue weighted by molar-refractivity contribution is 4.66. The van der Waals surface area contributed by atoms with Crippen molar-refractivity contribution in [1.29, 1.82) is 0 Å². The zero-order chi connectivity index (χ0) is 10.1. The lowest BCUT2D eigenvalue weighted by molar-refractivity contribution is 0.0965. The minimum absolute atomic E-state index is 0.595. The van der Waals surface area contributed by atoms with Crippen molar-refractivity contribution in [3.05, 3.63) is 0 Å². The first-order valence-corrected chi connectivity index (χ1v) is 5.17. The van der Waals surface area contributed by atoms with Gasteiger partial charge in [-0.25, -0.2) is 8.78 Å². The fourth-order valence-electron chi connectivity index (χ4n) is 1.36. The molecule has 3 heteroatoms. The van der Waals surface area contributed by atoms with Gasteiger partial charge in [-0.05, 0) is 13.5 Å². The molecular weight excluding hydrogens is 172 g/mol. The predicted molar refractivity (Wildman–Crippen MR) is 52.2 cm³/mol. The van der Waals surface area contributed by atoms with Crippen LogP contribution in [0.1, 0.15) is 45.4 Å². The van der Waals surface area contributed by atoms with E-state index in [9.17, 15) is 8.78 Å².